The number of alkyl halides is 1. The number of hydrogen-bond donors (Lipinski definition) is 1. The standard InChI is InChI=1S/C11H14FN.ClH/c12-11(7-13)10-5-8-3-1-2-4-9(8)6-10;/h1-4,10-11H,5-7,13H2;1H. The minimum Gasteiger partial charge on any atom is -0.328 e. The summed E-state index contributed by atoms with van der Waals surface area (Å²) in [5.74, 6) is 0.113. The van der Waals surface area contributed by atoms with Gasteiger partial charge in [-0.05, 0) is 29.9 Å². The molecule has 0 saturated heterocycles. The Morgan fingerprint density at radius 2 is 1.79 bits per heavy atom. The molecule has 0 amide bonds. The minimum atomic E-state index is -0.840. The van der Waals surface area contributed by atoms with Crippen molar-refractivity contribution in [2.45, 2.75) is 19.0 Å². The van der Waals surface area contributed by atoms with Crippen LogP contribution in [0.15, 0.2) is 24.3 Å². The monoisotopic (exact) mass is 215 g/mol. The molecule has 2 rings (SSSR count). The molecular weight excluding hydrogens is 201 g/mol. The van der Waals surface area contributed by atoms with Crippen molar-refractivity contribution < 1.29 is 4.39 Å². The predicted octanol–water partition coefficient (Wildman–Crippen LogP) is 2.12. The zero-order valence-electron chi connectivity index (χ0n) is 7.95. The maximum Gasteiger partial charge on any atom is 0.116 e. The fourth-order valence-electron chi connectivity index (χ4n) is 2.04. The van der Waals surface area contributed by atoms with E-state index in [4.69, 9.17) is 5.73 Å². The van der Waals surface area contributed by atoms with Gasteiger partial charge in [0.25, 0.3) is 0 Å². The quantitative estimate of drug-likeness (QED) is 0.804. The number of halogens is 2. The lowest BCUT2D eigenvalue weighted by atomic mass is 10.0. The average molecular weight is 216 g/mol. The van der Waals surface area contributed by atoms with Crippen molar-refractivity contribution in [3.05, 3.63) is 35.4 Å². The van der Waals surface area contributed by atoms with E-state index in [9.17, 15) is 4.39 Å². The molecule has 0 fully saturated rings. The van der Waals surface area contributed by atoms with E-state index in [0.29, 0.717) is 0 Å². The fraction of sp³-hybridized carbons (Fsp3) is 0.455. The highest BCUT2D eigenvalue weighted by atomic mass is 35.5. The summed E-state index contributed by atoms with van der Waals surface area (Å²) in [6.45, 7) is 0.151. The van der Waals surface area contributed by atoms with Gasteiger partial charge in [0.1, 0.15) is 6.17 Å². The lowest BCUT2D eigenvalue weighted by molar-refractivity contribution is 0.241. The van der Waals surface area contributed by atoms with Crippen LogP contribution in [0.4, 0.5) is 4.39 Å². The predicted molar refractivity (Wildman–Crippen MR) is 58.5 cm³/mol. The van der Waals surface area contributed by atoms with Crippen LogP contribution < -0.4 is 5.73 Å². The molecule has 0 spiro atoms. The molecule has 1 nitrogen and oxygen atoms in total. The van der Waals surface area contributed by atoms with E-state index in [1.165, 1.54) is 11.1 Å². The Bertz CT molecular complexity index is 278. The third kappa shape index (κ3) is 2.07. The first kappa shape index (κ1) is 11.5. The van der Waals surface area contributed by atoms with Gasteiger partial charge in [0, 0.05) is 6.54 Å². The van der Waals surface area contributed by atoms with Crippen LogP contribution in [-0.2, 0) is 12.8 Å². The van der Waals surface area contributed by atoms with Gasteiger partial charge in [-0.3, -0.25) is 0 Å². The smallest absolute Gasteiger partial charge is 0.116 e. The molecule has 1 aliphatic carbocycles. The minimum absolute atomic E-state index is 0. The summed E-state index contributed by atoms with van der Waals surface area (Å²) < 4.78 is 13.3. The van der Waals surface area contributed by atoms with Crippen LogP contribution >= 0.6 is 12.4 Å². The fourth-order valence-corrected chi connectivity index (χ4v) is 2.04. The van der Waals surface area contributed by atoms with Crippen LogP contribution in [0.2, 0.25) is 0 Å². The Kier molecular flexibility index (Phi) is 3.90. The lowest BCUT2D eigenvalue weighted by Crippen LogP contribution is -2.25. The maximum atomic E-state index is 13.3. The molecule has 78 valence electrons. The van der Waals surface area contributed by atoms with Gasteiger partial charge in [-0.15, -0.1) is 12.4 Å². The first-order valence-electron chi connectivity index (χ1n) is 4.72. The van der Waals surface area contributed by atoms with Gasteiger partial charge in [-0.2, -0.15) is 0 Å². The summed E-state index contributed by atoms with van der Waals surface area (Å²) in [6.07, 6.45) is 0.871. The largest absolute Gasteiger partial charge is 0.328 e. The molecule has 1 aromatic rings. The molecule has 0 aliphatic heterocycles. The van der Waals surface area contributed by atoms with E-state index >= 15 is 0 Å². The topological polar surface area (TPSA) is 26.0 Å². The van der Waals surface area contributed by atoms with Crippen molar-refractivity contribution in [1.82, 2.24) is 0 Å². The van der Waals surface area contributed by atoms with Crippen LogP contribution in [0.1, 0.15) is 11.1 Å². The van der Waals surface area contributed by atoms with Crippen molar-refractivity contribution in [3.63, 3.8) is 0 Å². The first-order chi connectivity index (χ1) is 6.31. The van der Waals surface area contributed by atoms with Gasteiger partial charge in [-0.25, -0.2) is 4.39 Å². The number of hydrogen-bond acceptors (Lipinski definition) is 1. The summed E-state index contributed by atoms with van der Waals surface area (Å²) in [7, 11) is 0. The zero-order chi connectivity index (χ0) is 9.26. The van der Waals surface area contributed by atoms with E-state index in [0.717, 1.165) is 12.8 Å². The van der Waals surface area contributed by atoms with Gasteiger partial charge in [0.15, 0.2) is 0 Å². The van der Waals surface area contributed by atoms with Gasteiger partial charge >= 0.3 is 0 Å². The molecule has 1 aromatic carbocycles. The molecule has 14 heavy (non-hydrogen) atoms. The van der Waals surface area contributed by atoms with Gasteiger partial charge in [-0.1, -0.05) is 24.3 Å². The van der Waals surface area contributed by atoms with Crippen LogP contribution in [-0.4, -0.2) is 12.7 Å². The second-order valence-corrected chi connectivity index (χ2v) is 3.69. The van der Waals surface area contributed by atoms with Crippen LogP contribution in [0.5, 0.6) is 0 Å². The van der Waals surface area contributed by atoms with Gasteiger partial charge < -0.3 is 5.73 Å². The van der Waals surface area contributed by atoms with Crippen LogP contribution in [0.3, 0.4) is 0 Å². The second kappa shape index (κ2) is 4.76. The van der Waals surface area contributed by atoms with Crippen LogP contribution in [0.25, 0.3) is 0 Å². The van der Waals surface area contributed by atoms with Crippen molar-refractivity contribution >= 4 is 12.4 Å². The van der Waals surface area contributed by atoms with E-state index in [1.807, 2.05) is 12.1 Å². The van der Waals surface area contributed by atoms with E-state index in [1.54, 1.807) is 0 Å². The van der Waals surface area contributed by atoms with Crippen molar-refractivity contribution in [3.8, 4) is 0 Å². The molecule has 2 N–H and O–H groups in total. The Hall–Kier alpha value is -0.600. The summed E-state index contributed by atoms with van der Waals surface area (Å²) >= 11 is 0. The summed E-state index contributed by atoms with van der Waals surface area (Å²) in [6, 6.07) is 8.19. The molecule has 0 bridgehead atoms. The normalized spacial score (nSPS) is 17.3. The number of rotatable bonds is 2. The third-order valence-corrected chi connectivity index (χ3v) is 2.82. The van der Waals surface area contributed by atoms with Gasteiger partial charge in [0.2, 0.25) is 0 Å². The number of benzene rings is 1. The number of fused-ring (bicyclic) bond motifs is 1. The lowest BCUT2D eigenvalue weighted by Gasteiger charge is -2.12. The molecule has 0 aromatic heterocycles. The van der Waals surface area contributed by atoms with Crippen molar-refractivity contribution in [1.29, 1.82) is 0 Å². The molecule has 1 unspecified atom stereocenters. The molecule has 0 heterocycles. The third-order valence-electron chi connectivity index (χ3n) is 2.82. The summed E-state index contributed by atoms with van der Waals surface area (Å²) in [5, 5.41) is 0. The molecule has 1 atom stereocenters. The molecular formula is C11H15ClFN. The summed E-state index contributed by atoms with van der Waals surface area (Å²) in [4.78, 5) is 0. The Morgan fingerprint density at radius 1 is 1.29 bits per heavy atom. The number of nitrogens with two attached hydrogens (primary N) is 1. The highest BCUT2D eigenvalue weighted by Crippen LogP contribution is 2.29. The average Bonchev–Trinajstić information content (AvgIpc) is 2.59. The second-order valence-electron chi connectivity index (χ2n) is 3.69. The zero-order valence-corrected chi connectivity index (χ0v) is 8.77. The Labute approximate surface area is 89.9 Å². The highest BCUT2D eigenvalue weighted by molar-refractivity contribution is 5.85. The maximum absolute atomic E-state index is 13.3. The molecule has 0 radical (unpaired) electrons. The molecule has 3 heteroatoms. The van der Waals surface area contributed by atoms with Crippen LogP contribution in [0, 0.1) is 5.92 Å². The molecule has 1 aliphatic rings. The first-order valence-corrected chi connectivity index (χ1v) is 4.72. The molecule has 0 saturated carbocycles. The van der Waals surface area contributed by atoms with Crippen molar-refractivity contribution in [2.75, 3.05) is 6.54 Å². The van der Waals surface area contributed by atoms with Crippen molar-refractivity contribution in [2.24, 2.45) is 11.7 Å². The SMILES string of the molecule is Cl.NCC(F)C1Cc2ccccc2C1. The summed E-state index contributed by atoms with van der Waals surface area (Å²) in [5.41, 5.74) is 7.90. The Balaban J connectivity index is 0.000000980. The van der Waals surface area contributed by atoms with E-state index < -0.39 is 6.17 Å². The Morgan fingerprint density at radius 3 is 2.21 bits per heavy atom. The van der Waals surface area contributed by atoms with E-state index in [-0.39, 0.29) is 24.9 Å². The van der Waals surface area contributed by atoms with E-state index in [2.05, 4.69) is 12.1 Å². The van der Waals surface area contributed by atoms with Gasteiger partial charge in [0.05, 0.1) is 0 Å². The highest BCUT2D eigenvalue weighted by Gasteiger charge is 2.27.